The molecule has 5 nitrogen and oxygen atoms in total. The normalized spacial score (nSPS) is 11.7. The van der Waals surface area contributed by atoms with Crippen molar-refractivity contribution in [1.29, 1.82) is 0 Å². The van der Waals surface area contributed by atoms with Gasteiger partial charge in [0.2, 0.25) is 0 Å². The van der Waals surface area contributed by atoms with Gasteiger partial charge in [-0.2, -0.15) is 0 Å². The van der Waals surface area contributed by atoms with E-state index in [1.54, 1.807) is 0 Å². The van der Waals surface area contributed by atoms with Crippen molar-refractivity contribution in [1.82, 2.24) is 18.7 Å². The maximum atomic E-state index is 6.70. The van der Waals surface area contributed by atoms with Crippen LogP contribution in [0.1, 0.15) is 0 Å². The first-order valence-corrected chi connectivity index (χ1v) is 24.1. The molecule has 4 heterocycles. The van der Waals surface area contributed by atoms with Gasteiger partial charge >= 0.3 is 294 Å². The van der Waals surface area contributed by atoms with Crippen LogP contribution >= 0.6 is 11.3 Å². The zero-order chi connectivity index (χ0) is 44.4. The number of rotatable bonds is 8. The molecular weight excluding hydrogens is 1020 g/mol. The fourth-order valence-electron chi connectivity index (χ4n) is 9.55. The fourth-order valence-corrected chi connectivity index (χ4v) is 11.8. The van der Waals surface area contributed by atoms with Crippen LogP contribution < -0.4 is 4.74 Å². The van der Waals surface area contributed by atoms with E-state index < -0.39 is 0 Å². The molecule has 7 heteroatoms. The Morgan fingerprint density at radius 1 is 0.433 bits per heavy atom. The molecular formula is C60H36N4OPtS-2. The summed E-state index contributed by atoms with van der Waals surface area (Å²) in [4.78, 5) is 5.08. The molecule has 0 aliphatic heterocycles. The van der Waals surface area contributed by atoms with Crippen LogP contribution in [0.4, 0.5) is 0 Å². The Labute approximate surface area is 401 Å². The predicted octanol–water partition coefficient (Wildman–Crippen LogP) is 15.8. The molecule has 0 bridgehead atoms. The Balaban J connectivity index is 0.886. The van der Waals surface area contributed by atoms with E-state index in [0.29, 0.717) is 11.5 Å². The van der Waals surface area contributed by atoms with Gasteiger partial charge in [-0.15, -0.1) is 11.3 Å². The van der Waals surface area contributed by atoms with Gasteiger partial charge in [0.25, 0.3) is 0 Å². The summed E-state index contributed by atoms with van der Waals surface area (Å²) < 4.78 is 17.1. The van der Waals surface area contributed by atoms with E-state index >= 15 is 0 Å². The molecule has 320 valence electrons. The zero-order valence-corrected chi connectivity index (χ0v) is 38.8. The Bertz CT molecular complexity index is 4030. The van der Waals surface area contributed by atoms with Gasteiger partial charge in [-0.05, 0) is 23.8 Å². The molecule has 0 aliphatic carbocycles. The van der Waals surface area contributed by atoms with Gasteiger partial charge in [-0.1, -0.05) is 42.5 Å². The predicted molar refractivity (Wildman–Crippen MR) is 271 cm³/mol. The summed E-state index contributed by atoms with van der Waals surface area (Å²) in [7, 11) is 0. The summed E-state index contributed by atoms with van der Waals surface area (Å²) in [5.41, 5.74) is 12.9. The van der Waals surface area contributed by atoms with Crippen LogP contribution in [0.5, 0.6) is 11.5 Å². The van der Waals surface area contributed by atoms with E-state index in [9.17, 15) is 0 Å². The number of aromatic nitrogens is 4. The van der Waals surface area contributed by atoms with Gasteiger partial charge in [0.1, 0.15) is 0 Å². The second kappa shape index (κ2) is 16.2. The number of nitrogens with zero attached hydrogens (tertiary/aromatic N) is 4. The van der Waals surface area contributed by atoms with Gasteiger partial charge in [0.15, 0.2) is 0 Å². The molecule has 0 atom stereocenters. The molecule has 67 heavy (non-hydrogen) atoms. The Morgan fingerprint density at radius 3 is 1.79 bits per heavy atom. The third kappa shape index (κ3) is 6.71. The molecule has 4 aromatic heterocycles. The fraction of sp³-hybridized carbons (Fsp3) is 0. The molecule has 0 unspecified atom stereocenters. The Hall–Kier alpha value is -7.89. The van der Waals surface area contributed by atoms with Crippen molar-refractivity contribution in [2.24, 2.45) is 0 Å². The van der Waals surface area contributed by atoms with E-state index in [4.69, 9.17) is 9.72 Å². The van der Waals surface area contributed by atoms with Crippen LogP contribution in [-0.2, 0) is 19.4 Å². The van der Waals surface area contributed by atoms with Gasteiger partial charge < -0.3 is 0 Å². The summed E-state index contributed by atoms with van der Waals surface area (Å²) in [6, 6.07) is 82.0. The van der Waals surface area contributed by atoms with Crippen molar-refractivity contribution in [2.45, 2.75) is 0 Å². The monoisotopic (exact) mass is 1060 g/mol. The van der Waals surface area contributed by atoms with Crippen molar-refractivity contribution in [3.8, 4) is 62.1 Å². The molecule has 9 aromatic carbocycles. The van der Waals surface area contributed by atoms with E-state index in [1.807, 2.05) is 35.7 Å². The van der Waals surface area contributed by atoms with Gasteiger partial charge in [-0.3, -0.25) is 0 Å². The van der Waals surface area contributed by atoms with Crippen molar-refractivity contribution >= 4 is 64.3 Å². The van der Waals surface area contributed by atoms with Gasteiger partial charge in [0, 0.05) is 31.9 Å². The maximum absolute atomic E-state index is 6.70. The summed E-state index contributed by atoms with van der Waals surface area (Å²) in [6.45, 7) is 0. The van der Waals surface area contributed by atoms with Crippen LogP contribution in [0.15, 0.2) is 219 Å². The van der Waals surface area contributed by atoms with E-state index in [0.717, 1.165) is 87.2 Å². The summed E-state index contributed by atoms with van der Waals surface area (Å²) in [5.74, 6) is 1.99. The number of thiophene rings is 1. The standard InChI is InChI=1S/C60H36N4OS.Pt/c1-3-15-40(16-4-1)47-23-14-24-48(41-17-5-2-6-18-41)60(47)63-39-62(54-26-10-11-27-55(54)63)44-19-13-20-45(36-44)65-46-31-33-50-49-21-7-9-25-53(49)64(56(50)37-46)59-34-30-43(38-61-59)42-29-32-52-51-22-8-12-28-57(51)66-58(52)35-42;/h1-35,38H;/q-2;. The molecule has 0 saturated heterocycles. The van der Waals surface area contributed by atoms with Crippen LogP contribution in [0.25, 0.3) is 104 Å². The molecule has 0 saturated carbocycles. The first kappa shape index (κ1) is 39.5. The molecule has 13 rings (SSSR count). The number of ether oxygens (including phenoxy) is 1. The average molecular weight is 1060 g/mol. The first-order valence-electron chi connectivity index (χ1n) is 22.1. The van der Waals surface area contributed by atoms with Crippen LogP contribution in [0.2, 0.25) is 0 Å². The van der Waals surface area contributed by atoms with Crippen molar-refractivity contribution in [3.63, 3.8) is 0 Å². The quantitative estimate of drug-likeness (QED) is 0.142. The number of imidazole rings is 1. The Morgan fingerprint density at radius 2 is 1.04 bits per heavy atom. The van der Waals surface area contributed by atoms with E-state index in [1.165, 1.54) is 20.2 Å². The van der Waals surface area contributed by atoms with Gasteiger partial charge in [0.05, 0.1) is 0 Å². The van der Waals surface area contributed by atoms with Crippen molar-refractivity contribution in [2.75, 3.05) is 0 Å². The van der Waals surface area contributed by atoms with Crippen LogP contribution in [-0.4, -0.2) is 18.7 Å². The zero-order valence-electron chi connectivity index (χ0n) is 35.7. The van der Waals surface area contributed by atoms with Crippen molar-refractivity contribution in [3.05, 3.63) is 234 Å². The minimum absolute atomic E-state index is 0.587. The molecule has 0 fully saturated rings. The number of hydrogen-bond donors (Lipinski definition) is 0. The number of para-hydroxylation sites is 4. The second-order valence-corrected chi connectivity index (χ2v) is 18.6. The van der Waals surface area contributed by atoms with Crippen LogP contribution in [0.3, 0.4) is 0 Å². The second-order valence-electron chi connectivity index (χ2n) is 16.5. The third-order valence-electron chi connectivity index (χ3n) is 12.6. The Kier molecular flexibility index (Phi) is 9.55. The number of fused-ring (bicyclic) bond motifs is 7. The molecule has 0 radical (unpaired) electrons. The van der Waals surface area contributed by atoms with Crippen molar-refractivity contribution < 1.29 is 24.1 Å². The van der Waals surface area contributed by atoms with Crippen LogP contribution in [0, 0.1) is 15.9 Å². The van der Waals surface area contributed by atoms with E-state index in [-0.39, 0.29) is 0 Å². The van der Waals surface area contributed by atoms with E-state index in [2.05, 4.69) is 239 Å². The third-order valence-corrected chi connectivity index (χ3v) is 14.7. The summed E-state index contributed by atoms with van der Waals surface area (Å²) in [5, 5.41) is 4.79. The number of pyridine rings is 1. The molecule has 13 aromatic rings. The minimum atomic E-state index is 0.587. The molecule has 0 N–H and O–H groups in total. The number of hydrogen-bond acceptors (Lipinski definition) is 3. The number of benzene rings is 9. The molecule has 0 aliphatic rings. The summed E-state index contributed by atoms with van der Waals surface area (Å²) in [6.07, 6.45) is 1.98. The van der Waals surface area contributed by atoms with Gasteiger partial charge in [-0.25, -0.2) is 0 Å². The topological polar surface area (TPSA) is 36.9 Å². The molecule has 0 amide bonds. The summed E-state index contributed by atoms with van der Waals surface area (Å²) >= 11 is 4.30. The molecule has 0 spiro atoms. The first-order chi connectivity index (χ1) is 33.1. The SMILES string of the molecule is [Pt]=[c]1n(-c2[c-]c(Oc3[c-]c4c(cc3)c3ccccc3n4-c3ccc(-c4ccc5c(c4)sc4ccccc45)cn3)ccc2)c2ccccc2n1-c1c(-c2ccccc2)cccc1-c1ccccc1. The average Bonchev–Trinajstić information content (AvgIpc) is 4.03.